The van der Waals surface area contributed by atoms with Gasteiger partial charge in [-0.3, -0.25) is 64.4 Å². The van der Waals surface area contributed by atoms with E-state index in [9.17, 15) is 24.0 Å². The van der Waals surface area contributed by atoms with Gasteiger partial charge in [0, 0.05) is 60.9 Å². The number of anilines is 2. The van der Waals surface area contributed by atoms with Crippen LogP contribution in [0.2, 0.25) is 0 Å². The molecule has 14 aromatic rings. The van der Waals surface area contributed by atoms with Gasteiger partial charge in [0.15, 0.2) is 47.4 Å². The summed E-state index contributed by atoms with van der Waals surface area (Å²) in [5.41, 5.74) is 10.8. The molecule has 3 unspecified atom stereocenters. The molecule has 17 rings (SSSR count). The van der Waals surface area contributed by atoms with Gasteiger partial charge in [-0.1, -0.05) is 96.6 Å². The third-order valence-electron chi connectivity index (χ3n) is 18.3. The number of fused-ring (bicyclic) bond motifs is 2. The van der Waals surface area contributed by atoms with Crippen LogP contribution in [-0.4, -0.2) is 147 Å². The van der Waals surface area contributed by atoms with Gasteiger partial charge in [0.25, 0.3) is 5.91 Å². The Labute approximate surface area is 692 Å². The molecule has 0 fully saturated rings. The number of aromatic nitrogens is 14. The van der Waals surface area contributed by atoms with Crippen LogP contribution in [0, 0.1) is 29.6 Å². The molecule has 32 nitrogen and oxygen atoms in total. The van der Waals surface area contributed by atoms with Gasteiger partial charge in [-0.15, -0.1) is 10.2 Å². The Kier molecular flexibility index (Phi) is 27.7. The number of Topliss-reactive ketones (excluding diaryl/α,β-unsaturated/α-hetero) is 2. The maximum atomic E-state index is 12.4. The number of nitrogens with zero attached hydrogens (tertiary/aromatic N) is 17. The van der Waals surface area contributed by atoms with Crippen molar-refractivity contribution in [2.75, 3.05) is 17.7 Å². The van der Waals surface area contributed by atoms with Gasteiger partial charge in [0.1, 0.15) is 70.2 Å². The fourth-order valence-corrected chi connectivity index (χ4v) is 12.1. The third-order valence-corrected chi connectivity index (χ3v) is 18.3. The average molecular weight is 1610 g/mol. The molecule has 121 heavy (non-hydrogen) atoms. The molecular formula is C89H77N23O9. The van der Waals surface area contributed by atoms with Crippen molar-refractivity contribution in [1.82, 2.24) is 75.1 Å². The highest BCUT2D eigenvalue weighted by Crippen LogP contribution is 2.29. The van der Waals surface area contributed by atoms with E-state index in [2.05, 4.69) is 108 Å². The number of amides is 3. The highest BCUT2D eigenvalue weighted by Gasteiger charge is 2.31. The van der Waals surface area contributed by atoms with Gasteiger partial charge in [0.05, 0.1) is 84.7 Å². The first-order valence-electron chi connectivity index (χ1n) is 38.0. The zero-order valence-corrected chi connectivity index (χ0v) is 65.7. The molecule has 3 aliphatic heterocycles. The summed E-state index contributed by atoms with van der Waals surface area (Å²) in [6.07, 6.45) is 12.1. The normalized spacial score (nSPS) is 13.1. The first kappa shape index (κ1) is 82.5. The minimum atomic E-state index is -0.670. The first-order valence-corrected chi connectivity index (χ1v) is 38.0. The van der Waals surface area contributed by atoms with Gasteiger partial charge >= 0.3 is 0 Å². The lowest BCUT2D eigenvalue weighted by atomic mass is 10.0. The van der Waals surface area contributed by atoms with Crippen LogP contribution >= 0.6 is 0 Å². The number of para-hydroxylation sites is 2. The van der Waals surface area contributed by atoms with E-state index in [1.807, 2.05) is 175 Å². The Bertz CT molecular complexity index is 6140. The maximum Gasteiger partial charge on any atom is 0.266 e. The van der Waals surface area contributed by atoms with Gasteiger partial charge < -0.3 is 39.1 Å². The minimum absolute atomic E-state index is 0.0684. The fourth-order valence-electron chi connectivity index (χ4n) is 12.1. The predicted octanol–water partition coefficient (Wildman–Crippen LogP) is 12.4. The molecule has 9 aromatic heterocycles. The Balaban J connectivity index is 0.000000131. The van der Waals surface area contributed by atoms with Crippen LogP contribution in [0.5, 0.6) is 23.0 Å². The lowest BCUT2D eigenvalue weighted by Gasteiger charge is -2.14. The molecule has 6 N–H and O–H groups in total. The standard InChI is InChI=1S/C19H17N5O2.C19H16N4O2.C18H15N5O2.C17H14N4O2.C16H15N5O/c1-26-14-5-6-16-13(10-14)7-9-24(16)12-18(25)22-17-11-21-19(23-17)15-4-2-3-8-20-15;1-13(25-19-8-3-2-6-14(19)12-20)18(24)11-15-10-17(23-22-15)16-7-4-5-9-21-16;1-12(25-14-6-4-5-13(9-14)11-19)16(24)10-17-21-18(23-22-17)15-7-2-3-8-20-15;22-17(15-9-11-5-1-2-7-14(11)23-15)19-16-10-13(20-21-16)12-6-3-4-8-18-12;1-11-5-7-12(8-6-11)10-14(22)18-16-19-15(20-21-16)13-4-2-3-9-17-13/h2-11H,12H2,1H3,(H,21,23)(H,22,25);2-9,13H,10-11H2,1H3;2-9,12H,10H2,1H3,(H,21,22,23);1-8,15H,9-10H2,(H,19,21,22);2-9H,10H2,1H3,(H2,18,19,20,21,22). The number of methoxy groups -OCH3 is 1. The second-order valence-corrected chi connectivity index (χ2v) is 27.1. The number of nitriles is 2. The van der Waals surface area contributed by atoms with Gasteiger partial charge in [-0.05, 0) is 153 Å². The van der Waals surface area contributed by atoms with E-state index in [1.54, 1.807) is 119 Å². The summed E-state index contributed by atoms with van der Waals surface area (Å²) in [5.74, 6) is 5.03. The van der Waals surface area contributed by atoms with Crippen molar-refractivity contribution >= 4 is 74.9 Å². The molecule has 602 valence electrons. The number of carbonyl (C=O) groups is 5. The first-order chi connectivity index (χ1) is 59.0. The number of carbonyl (C=O) groups excluding carboxylic acids is 5. The number of amidine groups is 1. The molecule has 3 aliphatic rings. The summed E-state index contributed by atoms with van der Waals surface area (Å²) >= 11 is 0. The molecule has 0 spiro atoms. The van der Waals surface area contributed by atoms with E-state index in [0.29, 0.717) is 93.9 Å². The summed E-state index contributed by atoms with van der Waals surface area (Å²) in [6, 6.07) is 68.6. The number of benzene rings is 5. The van der Waals surface area contributed by atoms with Gasteiger partial charge in [-0.25, -0.2) is 9.97 Å². The quantitative estimate of drug-likeness (QED) is 0.0346. The van der Waals surface area contributed by atoms with Crippen LogP contribution < -0.4 is 34.9 Å². The van der Waals surface area contributed by atoms with Crippen molar-refractivity contribution in [3.8, 4) is 69.7 Å². The number of H-pyrrole nitrogens is 3. The number of aryl methyl sites for hydroxylation is 1. The molecule has 0 saturated heterocycles. The molecule has 3 atom stereocenters. The molecule has 0 radical (unpaired) electrons. The third kappa shape index (κ3) is 23.2. The van der Waals surface area contributed by atoms with Crippen LogP contribution in [0.1, 0.15) is 78.1 Å². The molecule has 32 heteroatoms. The number of rotatable bonds is 23. The number of hydrogen-bond acceptors (Lipinski definition) is 25. The van der Waals surface area contributed by atoms with E-state index in [1.165, 1.54) is 0 Å². The Morgan fingerprint density at radius 3 is 1.89 bits per heavy atom. The molecule has 12 heterocycles. The number of hydrogen-bond donors (Lipinski definition) is 6. The predicted molar refractivity (Wildman–Crippen MR) is 451 cm³/mol. The van der Waals surface area contributed by atoms with Crippen molar-refractivity contribution in [3.63, 3.8) is 0 Å². The number of imidazole rings is 1. The monoisotopic (exact) mass is 1610 g/mol. The smallest absolute Gasteiger partial charge is 0.266 e. The number of aromatic amines is 3. The topological polar surface area (TPSA) is 437 Å². The van der Waals surface area contributed by atoms with E-state index < -0.39 is 18.3 Å². The second kappa shape index (κ2) is 40.7. The molecular weight excluding hydrogens is 1540 g/mol. The Morgan fingerprint density at radius 1 is 0.562 bits per heavy atom. The van der Waals surface area contributed by atoms with Crippen LogP contribution in [0.15, 0.2) is 276 Å². The Morgan fingerprint density at radius 2 is 1.21 bits per heavy atom. The van der Waals surface area contributed by atoms with Crippen molar-refractivity contribution in [1.29, 1.82) is 10.5 Å². The number of ether oxygens (including phenoxy) is 4. The van der Waals surface area contributed by atoms with E-state index in [4.69, 9.17) is 29.5 Å². The van der Waals surface area contributed by atoms with Gasteiger partial charge in [-0.2, -0.15) is 35.9 Å². The van der Waals surface area contributed by atoms with Gasteiger partial charge in [0.2, 0.25) is 17.8 Å². The summed E-state index contributed by atoms with van der Waals surface area (Å²) in [5, 5.41) is 57.2. The zero-order valence-electron chi connectivity index (χ0n) is 65.7. The molecule has 0 aliphatic carbocycles. The number of pyridine rings is 5. The van der Waals surface area contributed by atoms with E-state index >= 15 is 0 Å². The van der Waals surface area contributed by atoms with E-state index in [0.717, 1.165) is 67.6 Å². The van der Waals surface area contributed by atoms with E-state index in [-0.39, 0.29) is 61.0 Å². The highest BCUT2D eigenvalue weighted by molar-refractivity contribution is 6.19. The molecule has 0 saturated carbocycles. The van der Waals surface area contributed by atoms with Crippen molar-refractivity contribution in [3.05, 3.63) is 301 Å². The lowest BCUT2D eigenvalue weighted by molar-refractivity contribution is -0.126. The average Bonchev–Trinajstić information content (AvgIpc) is 1.68. The SMILES string of the molecule is CC(Oc1cccc(C#N)c1)C(=O)Cc1nc(-c2ccccn2)n[nH]1.CC(Oc1ccccc1C#N)C(=O)CC1=NN=C(c2ccccn2)C1.COc1ccc2c(ccn2CC(=O)Nc2cnc(-c3ccccn3)[nH]2)c1.Cc1ccc(CC(=O)Nc2n[nH]c(-c3ccccn3)n2)cc1.O=C(NC1=NN=C(c2ccccn2)C1)C1Cc2ccccc2O1. The fraction of sp³-hybridized carbons (Fsp3) is 0.157. The lowest BCUT2D eigenvalue weighted by Crippen LogP contribution is -2.40. The van der Waals surface area contributed by atoms with Crippen LogP contribution in [0.4, 0.5) is 11.8 Å². The highest BCUT2D eigenvalue weighted by atomic mass is 16.5. The molecule has 3 amide bonds. The largest absolute Gasteiger partial charge is 0.497 e. The summed E-state index contributed by atoms with van der Waals surface area (Å²) < 4.78 is 24.0. The number of nitrogens with one attached hydrogen (secondary N) is 6. The minimum Gasteiger partial charge on any atom is -0.497 e. The van der Waals surface area contributed by atoms with Crippen molar-refractivity contribution in [2.45, 2.75) is 84.2 Å². The summed E-state index contributed by atoms with van der Waals surface area (Å²) in [6.45, 7) is 5.55. The van der Waals surface area contributed by atoms with Crippen molar-refractivity contribution in [2.24, 2.45) is 20.4 Å². The van der Waals surface area contributed by atoms with Crippen molar-refractivity contribution < 1.29 is 42.9 Å². The summed E-state index contributed by atoms with van der Waals surface area (Å²) in [4.78, 5) is 98.3. The summed E-state index contributed by atoms with van der Waals surface area (Å²) in [7, 11) is 1.63. The van der Waals surface area contributed by atoms with Crippen LogP contribution in [-0.2, 0) is 49.8 Å². The zero-order chi connectivity index (χ0) is 84.2. The molecule has 5 aromatic carbocycles. The van der Waals surface area contributed by atoms with Crippen LogP contribution in [0.25, 0.3) is 45.5 Å². The maximum absolute atomic E-state index is 12.4. The Hall–Kier alpha value is -16.5. The number of ketones is 2. The molecule has 0 bridgehead atoms. The van der Waals surface area contributed by atoms with Crippen LogP contribution in [0.3, 0.4) is 0 Å². The second-order valence-electron chi connectivity index (χ2n) is 27.1.